The van der Waals surface area contributed by atoms with Gasteiger partial charge in [-0.1, -0.05) is 18.5 Å². The molecule has 0 fully saturated rings. The van der Waals surface area contributed by atoms with E-state index in [2.05, 4.69) is 34.8 Å². The SMILES string of the molecule is CCC(C)NC(=NC)NCCNC(=O)c1ccc(Cl)cc1. The maximum absolute atomic E-state index is 11.9. The summed E-state index contributed by atoms with van der Waals surface area (Å²) in [7, 11) is 1.73. The number of benzene rings is 1. The number of aliphatic imine (C=N–C) groups is 1. The maximum atomic E-state index is 11.9. The molecule has 116 valence electrons. The van der Waals surface area contributed by atoms with Crippen LogP contribution in [0.4, 0.5) is 0 Å². The van der Waals surface area contributed by atoms with Crippen molar-refractivity contribution in [3.05, 3.63) is 34.9 Å². The Morgan fingerprint density at radius 1 is 1.24 bits per heavy atom. The lowest BCUT2D eigenvalue weighted by Gasteiger charge is -2.16. The van der Waals surface area contributed by atoms with Crippen molar-refractivity contribution in [2.24, 2.45) is 4.99 Å². The molecule has 0 spiro atoms. The van der Waals surface area contributed by atoms with E-state index in [0.29, 0.717) is 29.7 Å². The van der Waals surface area contributed by atoms with Crippen LogP contribution in [0.1, 0.15) is 30.6 Å². The van der Waals surface area contributed by atoms with Gasteiger partial charge in [-0.05, 0) is 37.6 Å². The van der Waals surface area contributed by atoms with Gasteiger partial charge < -0.3 is 16.0 Å². The van der Waals surface area contributed by atoms with Gasteiger partial charge in [-0.2, -0.15) is 0 Å². The summed E-state index contributed by atoms with van der Waals surface area (Å²) >= 11 is 5.79. The van der Waals surface area contributed by atoms with Crippen molar-refractivity contribution < 1.29 is 4.79 Å². The predicted molar refractivity (Wildman–Crippen MR) is 88.0 cm³/mol. The van der Waals surface area contributed by atoms with E-state index >= 15 is 0 Å². The number of carbonyl (C=O) groups excluding carboxylic acids is 1. The minimum atomic E-state index is -0.113. The van der Waals surface area contributed by atoms with Crippen molar-refractivity contribution in [2.45, 2.75) is 26.3 Å². The number of guanidine groups is 1. The van der Waals surface area contributed by atoms with E-state index in [1.165, 1.54) is 0 Å². The van der Waals surface area contributed by atoms with Crippen molar-refractivity contribution >= 4 is 23.5 Å². The van der Waals surface area contributed by atoms with Crippen LogP contribution in [0.2, 0.25) is 5.02 Å². The van der Waals surface area contributed by atoms with Crippen LogP contribution < -0.4 is 16.0 Å². The molecule has 0 bridgehead atoms. The summed E-state index contributed by atoms with van der Waals surface area (Å²) in [5.74, 6) is 0.628. The first kappa shape index (κ1) is 17.3. The zero-order valence-corrected chi connectivity index (χ0v) is 13.5. The van der Waals surface area contributed by atoms with Crippen molar-refractivity contribution in [3.63, 3.8) is 0 Å². The van der Waals surface area contributed by atoms with Crippen LogP contribution in [-0.4, -0.2) is 38.0 Å². The lowest BCUT2D eigenvalue weighted by atomic mass is 10.2. The molecule has 0 saturated carbocycles. The molecule has 0 heterocycles. The van der Waals surface area contributed by atoms with Crippen LogP contribution in [-0.2, 0) is 0 Å². The Hall–Kier alpha value is -1.75. The molecule has 0 radical (unpaired) electrons. The highest BCUT2D eigenvalue weighted by Crippen LogP contribution is 2.08. The number of hydrogen-bond donors (Lipinski definition) is 3. The number of hydrogen-bond acceptors (Lipinski definition) is 2. The number of nitrogens with zero attached hydrogens (tertiary/aromatic N) is 1. The lowest BCUT2D eigenvalue weighted by molar-refractivity contribution is 0.0954. The molecule has 6 heteroatoms. The first-order chi connectivity index (χ1) is 10.1. The van der Waals surface area contributed by atoms with E-state index in [1.807, 2.05) is 0 Å². The fraction of sp³-hybridized carbons (Fsp3) is 0.467. The summed E-state index contributed by atoms with van der Waals surface area (Å²) < 4.78 is 0. The third-order valence-corrected chi connectivity index (χ3v) is 3.28. The monoisotopic (exact) mass is 310 g/mol. The molecule has 0 aliphatic rings. The third-order valence-electron chi connectivity index (χ3n) is 3.03. The molecule has 1 unspecified atom stereocenters. The third kappa shape index (κ3) is 6.49. The average Bonchev–Trinajstić information content (AvgIpc) is 2.50. The lowest BCUT2D eigenvalue weighted by Crippen LogP contribution is -2.44. The van der Waals surface area contributed by atoms with Gasteiger partial charge in [0.2, 0.25) is 0 Å². The van der Waals surface area contributed by atoms with Crippen LogP contribution in [0, 0.1) is 0 Å². The minimum Gasteiger partial charge on any atom is -0.355 e. The molecule has 1 aromatic carbocycles. The van der Waals surface area contributed by atoms with Gasteiger partial charge in [-0.3, -0.25) is 9.79 Å². The topological polar surface area (TPSA) is 65.5 Å². The first-order valence-electron chi connectivity index (χ1n) is 7.07. The van der Waals surface area contributed by atoms with E-state index in [1.54, 1.807) is 31.3 Å². The summed E-state index contributed by atoms with van der Waals surface area (Å²) in [6.45, 7) is 5.32. The Balaban J connectivity index is 2.30. The van der Waals surface area contributed by atoms with Crippen LogP contribution in [0.15, 0.2) is 29.3 Å². The number of nitrogens with one attached hydrogen (secondary N) is 3. The minimum absolute atomic E-state index is 0.113. The summed E-state index contributed by atoms with van der Waals surface area (Å²) in [6.07, 6.45) is 1.02. The van der Waals surface area contributed by atoms with E-state index in [9.17, 15) is 4.79 Å². The summed E-state index contributed by atoms with van der Waals surface area (Å²) in [5, 5.41) is 9.86. The van der Waals surface area contributed by atoms with Crippen LogP contribution in [0.25, 0.3) is 0 Å². The Morgan fingerprint density at radius 3 is 2.43 bits per heavy atom. The summed E-state index contributed by atoms with van der Waals surface area (Å²) in [5.41, 5.74) is 0.599. The molecule has 1 atom stereocenters. The van der Waals surface area contributed by atoms with E-state index < -0.39 is 0 Å². The van der Waals surface area contributed by atoms with E-state index in [0.717, 1.165) is 12.4 Å². The fourth-order valence-corrected chi connectivity index (χ4v) is 1.72. The molecule has 3 N–H and O–H groups in total. The van der Waals surface area contributed by atoms with Gasteiger partial charge in [-0.15, -0.1) is 0 Å². The van der Waals surface area contributed by atoms with Gasteiger partial charge >= 0.3 is 0 Å². The highest BCUT2D eigenvalue weighted by molar-refractivity contribution is 6.30. The standard InChI is InChI=1S/C15H23ClN4O/c1-4-11(2)20-15(17-3)19-10-9-18-14(21)12-5-7-13(16)8-6-12/h5-8,11H,4,9-10H2,1-3H3,(H,18,21)(H2,17,19,20). The Bertz CT molecular complexity index is 473. The largest absolute Gasteiger partial charge is 0.355 e. The van der Waals surface area contributed by atoms with Crippen LogP contribution in [0.5, 0.6) is 0 Å². The highest BCUT2D eigenvalue weighted by Gasteiger charge is 2.05. The number of carbonyl (C=O) groups is 1. The van der Waals surface area contributed by atoms with Crippen LogP contribution in [0.3, 0.4) is 0 Å². The zero-order valence-electron chi connectivity index (χ0n) is 12.7. The van der Waals surface area contributed by atoms with Gasteiger partial charge in [0.25, 0.3) is 5.91 Å². The Labute approximate surface area is 131 Å². The molecular formula is C15H23ClN4O. The maximum Gasteiger partial charge on any atom is 0.251 e. The fourth-order valence-electron chi connectivity index (χ4n) is 1.59. The Morgan fingerprint density at radius 2 is 1.86 bits per heavy atom. The second-order valence-corrected chi connectivity index (χ2v) is 5.15. The molecule has 0 aliphatic carbocycles. The molecule has 0 aliphatic heterocycles. The molecule has 0 saturated heterocycles. The molecule has 1 rings (SSSR count). The van der Waals surface area contributed by atoms with Gasteiger partial charge in [0, 0.05) is 36.8 Å². The predicted octanol–water partition coefficient (Wildman–Crippen LogP) is 2.03. The smallest absolute Gasteiger partial charge is 0.251 e. The molecule has 1 amide bonds. The normalized spacial score (nSPS) is 12.7. The van der Waals surface area contributed by atoms with Crippen molar-refractivity contribution in [1.29, 1.82) is 0 Å². The van der Waals surface area contributed by atoms with E-state index in [4.69, 9.17) is 11.6 Å². The average molecular weight is 311 g/mol. The summed E-state index contributed by atoms with van der Waals surface area (Å²) in [6, 6.07) is 7.17. The summed E-state index contributed by atoms with van der Waals surface area (Å²) in [4.78, 5) is 16.0. The van der Waals surface area contributed by atoms with Gasteiger partial charge in [0.15, 0.2) is 5.96 Å². The number of rotatable bonds is 6. The Kier molecular flexibility index (Phi) is 7.61. The zero-order chi connectivity index (χ0) is 15.7. The molecule has 1 aromatic rings. The van der Waals surface area contributed by atoms with Crippen molar-refractivity contribution in [3.8, 4) is 0 Å². The second kappa shape index (κ2) is 9.23. The quantitative estimate of drug-likeness (QED) is 0.428. The highest BCUT2D eigenvalue weighted by atomic mass is 35.5. The van der Waals surface area contributed by atoms with E-state index in [-0.39, 0.29) is 5.91 Å². The van der Waals surface area contributed by atoms with Gasteiger partial charge in [0.05, 0.1) is 0 Å². The molecule has 5 nitrogen and oxygen atoms in total. The number of amides is 1. The van der Waals surface area contributed by atoms with Crippen molar-refractivity contribution in [2.75, 3.05) is 20.1 Å². The molecule has 21 heavy (non-hydrogen) atoms. The van der Waals surface area contributed by atoms with Gasteiger partial charge in [-0.25, -0.2) is 0 Å². The van der Waals surface area contributed by atoms with Crippen LogP contribution >= 0.6 is 11.6 Å². The van der Waals surface area contributed by atoms with Gasteiger partial charge in [0.1, 0.15) is 0 Å². The first-order valence-corrected chi connectivity index (χ1v) is 7.45. The number of halogens is 1. The molecule has 0 aromatic heterocycles. The molecular weight excluding hydrogens is 288 g/mol. The second-order valence-electron chi connectivity index (χ2n) is 4.72. The van der Waals surface area contributed by atoms with Crippen molar-refractivity contribution in [1.82, 2.24) is 16.0 Å².